The molecular weight excluding hydrogens is 294 g/mol. The molecule has 6 nitrogen and oxygen atoms in total. The van der Waals surface area contributed by atoms with Gasteiger partial charge in [0, 0.05) is 24.2 Å². The van der Waals surface area contributed by atoms with E-state index in [0.29, 0.717) is 6.61 Å². The van der Waals surface area contributed by atoms with E-state index in [-0.39, 0.29) is 6.79 Å². The topological polar surface area (TPSA) is 65.0 Å². The predicted molar refractivity (Wildman–Crippen MR) is 86.0 cm³/mol. The molecule has 2 aliphatic rings. The molecule has 23 heavy (non-hydrogen) atoms. The van der Waals surface area contributed by atoms with Crippen LogP contribution in [0.1, 0.15) is 23.2 Å². The summed E-state index contributed by atoms with van der Waals surface area (Å²) in [6, 6.07) is 9.78. The van der Waals surface area contributed by atoms with Crippen molar-refractivity contribution in [2.45, 2.75) is 20.0 Å². The van der Waals surface area contributed by atoms with Gasteiger partial charge in [-0.25, -0.2) is 4.98 Å². The van der Waals surface area contributed by atoms with Gasteiger partial charge in [-0.15, -0.1) is 0 Å². The lowest BCUT2D eigenvalue weighted by Gasteiger charge is -2.18. The van der Waals surface area contributed by atoms with Crippen LogP contribution in [-0.2, 0) is 11.4 Å². The third kappa shape index (κ3) is 2.79. The van der Waals surface area contributed by atoms with E-state index in [0.717, 1.165) is 52.8 Å². The monoisotopic (exact) mass is 311 g/mol. The van der Waals surface area contributed by atoms with Crippen LogP contribution in [0.3, 0.4) is 0 Å². The standard InChI is InChI=1S/C17H17N3O3/c1-11-2-4-13-14(6-7-18-17(13)19-11)20-23-9-12-3-5-15-16(8-12)22-10-21-15/h2-5,8H,6-7,9-10H2,1H3,(H,18,19)/b20-14+. The lowest BCUT2D eigenvalue weighted by molar-refractivity contribution is 0.130. The zero-order chi connectivity index (χ0) is 15.6. The van der Waals surface area contributed by atoms with Crippen molar-refractivity contribution in [1.82, 2.24) is 4.98 Å². The van der Waals surface area contributed by atoms with Gasteiger partial charge in [-0.05, 0) is 36.8 Å². The number of oxime groups is 1. The molecule has 0 radical (unpaired) electrons. The van der Waals surface area contributed by atoms with Gasteiger partial charge in [0.15, 0.2) is 11.5 Å². The van der Waals surface area contributed by atoms with Gasteiger partial charge in [0.1, 0.15) is 12.4 Å². The van der Waals surface area contributed by atoms with Crippen LogP contribution in [0, 0.1) is 6.92 Å². The van der Waals surface area contributed by atoms with E-state index in [9.17, 15) is 0 Å². The number of pyridine rings is 1. The summed E-state index contributed by atoms with van der Waals surface area (Å²) in [5.74, 6) is 2.40. The van der Waals surface area contributed by atoms with Crippen molar-refractivity contribution < 1.29 is 14.3 Å². The minimum atomic E-state index is 0.276. The molecule has 0 saturated heterocycles. The molecular formula is C17H17N3O3. The number of anilines is 1. The Kier molecular flexibility index (Phi) is 3.49. The Bertz CT molecular complexity index is 774. The Morgan fingerprint density at radius 3 is 3.09 bits per heavy atom. The quantitative estimate of drug-likeness (QED) is 0.883. The molecule has 2 aliphatic heterocycles. The molecule has 0 fully saturated rings. The second-order valence-corrected chi connectivity index (χ2v) is 5.52. The molecule has 0 atom stereocenters. The van der Waals surface area contributed by atoms with E-state index in [1.807, 2.05) is 37.3 Å². The van der Waals surface area contributed by atoms with Crippen LogP contribution >= 0.6 is 0 Å². The minimum absolute atomic E-state index is 0.276. The van der Waals surface area contributed by atoms with Crippen molar-refractivity contribution in [3.63, 3.8) is 0 Å². The molecule has 0 amide bonds. The second kappa shape index (κ2) is 5.79. The van der Waals surface area contributed by atoms with Crippen LogP contribution in [-0.4, -0.2) is 24.0 Å². The summed E-state index contributed by atoms with van der Waals surface area (Å²) in [4.78, 5) is 10.0. The Morgan fingerprint density at radius 2 is 2.13 bits per heavy atom. The predicted octanol–water partition coefficient (Wildman–Crippen LogP) is 2.86. The van der Waals surface area contributed by atoms with Crippen molar-refractivity contribution in [2.75, 3.05) is 18.7 Å². The normalized spacial score (nSPS) is 16.8. The Balaban J connectivity index is 1.48. The van der Waals surface area contributed by atoms with Gasteiger partial charge in [-0.1, -0.05) is 11.2 Å². The van der Waals surface area contributed by atoms with E-state index in [2.05, 4.69) is 15.5 Å². The number of rotatable bonds is 3. The first-order chi connectivity index (χ1) is 11.3. The molecule has 0 saturated carbocycles. The van der Waals surface area contributed by atoms with Crippen molar-refractivity contribution >= 4 is 11.5 Å². The molecule has 0 aliphatic carbocycles. The van der Waals surface area contributed by atoms with Gasteiger partial charge in [0.05, 0.1) is 5.71 Å². The Labute approximate surface area is 134 Å². The summed E-state index contributed by atoms with van der Waals surface area (Å²) in [5.41, 5.74) is 3.91. The Hall–Kier alpha value is -2.76. The number of hydrogen-bond donors (Lipinski definition) is 1. The lowest BCUT2D eigenvalue weighted by Crippen LogP contribution is -2.20. The molecule has 6 heteroatoms. The zero-order valence-electron chi connectivity index (χ0n) is 12.8. The number of aryl methyl sites for hydroxylation is 1. The maximum Gasteiger partial charge on any atom is 0.231 e. The number of fused-ring (bicyclic) bond motifs is 2. The number of nitrogens with zero attached hydrogens (tertiary/aromatic N) is 2. The van der Waals surface area contributed by atoms with Crippen LogP contribution in [0.25, 0.3) is 0 Å². The summed E-state index contributed by atoms with van der Waals surface area (Å²) in [7, 11) is 0. The van der Waals surface area contributed by atoms with E-state index in [4.69, 9.17) is 14.3 Å². The summed E-state index contributed by atoms with van der Waals surface area (Å²) in [6.45, 7) is 3.46. The minimum Gasteiger partial charge on any atom is -0.454 e. The SMILES string of the molecule is Cc1ccc2c(n1)NCC/C2=N\OCc1ccc2c(c1)OCO2. The van der Waals surface area contributed by atoms with E-state index in [1.165, 1.54) is 0 Å². The van der Waals surface area contributed by atoms with Crippen molar-refractivity contribution in [3.8, 4) is 11.5 Å². The second-order valence-electron chi connectivity index (χ2n) is 5.52. The van der Waals surface area contributed by atoms with Crippen molar-refractivity contribution in [3.05, 3.63) is 47.2 Å². The smallest absolute Gasteiger partial charge is 0.231 e. The third-order valence-corrected chi connectivity index (χ3v) is 3.84. The largest absolute Gasteiger partial charge is 0.454 e. The van der Waals surface area contributed by atoms with Gasteiger partial charge in [-0.2, -0.15) is 0 Å². The van der Waals surface area contributed by atoms with E-state index in [1.54, 1.807) is 0 Å². The maximum absolute atomic E-state index is 5.54. The summed E-state index contributed by atoms with van der Waals surface area (Å²) < 4.78 is 10.7. The lowest BCUT2D eigenvalue weighted by atomic mass is 10.0. The highest BCUT2D eigenvalue weighted by Crippen LogP contribution is 2.32. The molecule has 0 bridgehead atoms. The fourth-order valence-corrected chi connectivity index (χ4v) is 2.67. The number of aromatic nitrogens is 1. The summed E-state index contributed by atoms with van der Waals surface area (Å²) >= 11 is 0. The Morgan fingerprint density at radius 1 is 1.22 bits per heavy atom. The summed E-state index contributed by atoms with van der Waals surface area (Å²) in [6.07, 6.45) is 0.818. The maximum atomic E-state index is 5.54. The van der Waals surface area contributed by atoms with Crippen LogP contribution in [0.5, 0.6) is 11.5 Å². The van der Waals surface area contributed by atoms with Gasteiger partial charge in [0.25, 0.3) is 0 Å². The molecule has 2 aromatic rings. The molecule has 1 aromatic heterocycles. The highest BCUT2D eigenvalue weighted by atomic mass is 16.7. The van der Waals surface area contributed by atoms with Gasteiger partial charge < -0.3 is 19.6 Å². The molecule has 118 valence electrons. The fourth-order valence-electron chi connectivity index (χ4n) is 2.67. The first-order valence-electron chi connectivity index (χ1n) is 7.59. The first-order valence-corrected chi connectivity index (χ1v) is 7.59. The molecule has 0 unspecified atom stereocenters. The average Bonchev–Trinajstić information content (AvgIpc) is 3.02. The van der Waals surface area contributed by atoms with Crippen LogP contribution in [0.2, 0.25) is 0 Å². The first kappa shape index (κ1) is 13.9. The van der Waals surface area contributed by atoms with Crippen molar-refractivity contribution in [1.29, 1.82) is 0 Å². The molecule has 4 rings (SSSR count). The number of benzene rings is 1. The number of ether oxygens (including phenoxy) is 2. The van der Waals surface area contributed by atoms with E-state index < -0.39 is 0 Å². The van der Waals surface area contributed by atoms with Gasteiger partial charge in [-0.3, -0.25) is 0 Å². The third-order valence-electron chi connectivity index (χ3n) is 3.84. The van der Waals surface area contributed by atoms with Crippen LogP contribution in [0.15, 0.2) is 35.5 Å². The zero-order valence-corrected chi connectivity index (χ0v) is 12.8. The average molecular weight is 311 g/mol. The fraction of sp³-hybridized carbons (Fsp3) is 0.294. The van der Waals surface area contributed by atoms with Gasteiger partial charge >= 0.3 is 0 Å². The van der Waals surface area contributed by atoms with Gasteiger partial charge in [0.2, 0.25) is 6.79 Å². The summed E-state index contributed by atoms with van der Waals surface area (Å²) in [5, 5.41) is 7.60. The highest BCUT2D eigenvalue weighted by Gasteiger charge is 2.17. The van der Waals surface area contributed by atoms with Crippen LogP contribution in [0.4, 0.5) is 5.82 Å². The van der Waals surface area contributed by atoms with E-state index >= 15 is 0 Å². The molecule has 0 spiro atoms. The highest BCUT2D eigenvalue weighted by molar-refractivity contribution is 6.05. The van der Waals surface area contributed by atoms with Crippen molar-refractivity contribution in [2.24, 2.45) is 5.16 Å². The molecule has 1 aromatic carbocycles. The molecule has 1 N–H and O–H groups in total. The number of hydrogen-bond acceptors (Lipinski definition) is 6. The van der Waals surface area contributed by atoms with Crippen LogP contribution < -0.4 is 14.8 Å². The number of nitrogens with one attached hydrogen (secondary N) is 1. The molecule has 3 heterocycles.